The molecular formula is C29H33ClN6O3. The van der Waals surface area contributed by atoms with Crippen molar-refractivity contribution in [3.63, 3.8) is 0 Å². The summed E-state index contributed by atoms with van der Waals surface area (Å²) in [5.74, 6) is 1.41. The third kappa shape index (κ3) is 5.57. The number of H-pyrrole nitrogens is 1. The second-order valence-corrected chi connectivity index (χ2v) is 11.0. The summed E-state index contributed by atoms with van der Waals surface area (Å²) >= 11 is 6.20. The van der Waals surface area contributed by atoms with Crippen LogP contribution in [0.1, 0.15) is 67.6 Å². The van der Waals surface area contributed by atoms with Gasteiger partial charge in [-0.25, -0.2) is 4.68 Å². The zero-order valence-electron chi connectivity index (χ0n) is 22.1. The van der Waals surface area contributed by atoms with E-state index in [9.17, 15) is 4.79 Å². The van der Waals surface area contributed by atoms with Gasteiger partial charge in [-0.3, -0.25) is 9.69 Å². The molecule has 0 radical (unpaired) electrons. The number of hydrogen-bond donors (Lipinski definition) is 1. The monoisotopic (exact) mass is 548 g/mol. The molecule has 9 nitrogen and oxygen atoms in total. The van der Waals surface area contributed by atoms with Crippen LogP contribution >= 0.6 is 11.6 Å². The predicted molar refractivity (Wildman–Crippen MR) is 149 cm³/mol. The molecule has 0 bridgehead atoms. The molecule has 3 heterocycles. The van der Waals surface area contributed by atoms with Gasteiger partial charge in [0.05, 0.1) is 19.3 Å². The van der Waals surface area contributed by atoms with E-state index in [1.165, 1.54) is 0 Å². The Hall–Kier alpha value is -3.27. The van der Waals surface area contributed by atoms with Gasteiger partial charge in [0.15, 0.2) is 5.82 Å². The number of hydrogen-bond acceptors (Lipinski definition) is 7. The van der Waals surface area contributed by atoms with E-state index in [-0.39, 0.29) is 17.7 Å². The fourth-order valence-electron chi connectivity index (χ4n) is 5.96. The van der Waals surface area contributed by atoms with Crippen molar-refractivity contribution in [1.29, 1.82) is 0 Å². The topological polar surface area (TPSA) is 98.2 Å². The van der Waals surface area contributed by atoms with Gasteiger partial charge in [-0.15, -0.1) is 5.10 Å². The molecule has 2 aliphatic rings. The summed E-state index contributed by atoms with van der Waals surface area (Å²) < 4.78 is 13.5. The first-order valence-electron chi connectivity index (χ1n) is 13.7. The van der Waals surface area contributed by atoms with Gasteiger partial charge in [0, 0.05) is 41.2 Å². The van der Waals surface area contributed by atoms with Crippen LogP contribution in [0.25, 0.3) is 10.9 Å². The number of rotatable bonds is 9. The number of tetrazole rings is 1. The maximum atomic E-state index is 13.8. The summed E-state index contributed by atoms with van der Waals surface area (Å²) in [6.07, 6.45) is 6.42. The molecule has 2 fully saturated rings. The van der Waals surface area contributed by atoms with Crippen molar-refractivity contribution in [2.75, 3.05) is 20.3 Å². The van der Waals surface area contributed by atoms with E-state index < -0.39 is 6.04 Å². The third-order valence-corrected chi connectivity index (χ3v) is 8.19. The number of aromatic amines is 1. The summed E-state index contributed by atoms with van der Waals surface area (Å²) in [7, 11) is 1.64. The maximum Gasteiger partial charge on any atom is 0.253 e. The summed E-state index contributed by atoms with van der Waals surface area (Å²) in [5, 5.41) is 14.7. The number of aromatic nitrogens is 5. The van der Waals surface area contributed by atoms with Crippen LogP contribution in [0.15, 0.2) is 53.3 Å². The lowest BCUT2D eigenvalue weighted by Crippen LogP contribution is -2.39. The van der Waals surface area contributed by atoms with Gasteiger partial charge in [-0.05, 0) is 78.1 Å². The van der Waals surface area contributed by atoms with E-state index >= 15 is 0 Å². The van der Waals surface area contributed by atoms with Crippen LogP contribution in [-0.4, -0.2) is 56.5 Å². The minimum atomic E-state index is -0.486. The summed E-state index contributed by atoms with van der Waals surface area (Å²) in [6.45, 7) is 1.97. The van der Waals surface area contributed by atoms with Crippen molar-refractivity contribution in [1.82, 2.24) is 30.1 Å². The van der Waals surface area contributed by atoms with Crippen molar-refractivity contribution in [2.45, 2.75) is 63.3 Å². The van der Waals surface area contributed by atoms with E-state index in [2.05, 4.69) is 25.4 Å². The summed E-state index contributed by atoms with van der Waals surface area (Å²) in [4.78, 5) is 19.1. The Balaban J connectivity index is 1.50. The molecule has 0 amide bonds. The Labute approximate surface area is 232 Å². The predicted octanol–water partition coefficient (Wildman–Crippen LogP) is 5.06. The van der Waals surface area contributed by atoms with Crippen LogP contribution in [0.5, 0.6) is 5.75 Å². The van der Waals surface area contributed by atoms with Crippen LogP contribution in [-0.2, 0) is 11.3 Å². The second-order valence-electron chi connectivity index (χ2n) is 10.5. The summed E-state index contributed by atoms with van der Waals surface area (Å²) in [6, 6.07) is 15.2. The number of nitrogens with zero attached hydrogens (tertiary/aromatic N) is 5. The molecule has 4 aromatic rings. The SMILES string of the molecule is COc1ccc2[nH]c(=O)c([C@@H](c3nnnn3C3CCCC3)N(Cc3ccc(Cl)cc3)C[C@H]3CCCO3)cc2c1. The fourth-order valence-corrected chi connectivity index (χ4v) is 6.08. The minimum absolute atomic E-state index is 0.0650. The Morgan fingerprint density at radius 1 is 1.13 bits per heavy atom. The molecule has 6 rings (SSSR count). The number of halogens is 1. The zero-order valence-corrected chi connectivity index (χ0v) is 22.8. The molecule has 0 spiro atoms. The van der Waals surface area contributed by atoms with Crippen molar-refractivity contribution in [2.24, 2.45) is 0 Å². The number of pyridine rings is 1. The zero-order chi connectivity index (χ0) is 26.8. The Bertz CT molecular complexity index is 1470. The normalized spacial score (nSPS) is 18.8. The molecule has 2 aromatic carbocycles. The lowest BCUT2D eigenvalue weighted by atomic mass is 10.0. The van der Waals surface area contributed by atoms with Crippen LogP contribution < -0.4 is 10.3 Å². The number of ether oxygens (including phenoxy) is 2. The number of fused-ring (bicyclic) bond motifs is 1. The molecular weight excluding hydrogens is 516 g/mol. The molecule has 0 unspecified atom stereocenters. The highest BCUT2D eigenvalue weighted by atomic mass is 35.5. The van der Waals surface area contributed by atoms with Crippen LogP contribution in [0.3, 0.4) is 0 Å². The first-order chi connectivity index (χ1) is 19.1. The highest BCUT2D eigenvalue weighted by Crippen LogP contribution is 2.35. The van der Waals surface area contributed by atoms with Crippen molar-refractivity contribution in [3.05, 3.63) is 80.9 Å². The van der Waals surface area contributed by atoms with E-state index in [1.807, 2.05) is 53.2 Å². The largest absolute Gasteiger partial charge is 0.497 e. The minimum Gasteiger partial charge on any atom is -0.497 e. The third-order valence-electron chi connectivity index (χ3n) is 7.93. The van der Waals surface area contributed by atoms with Crippen LogP contribution in [0.4, 0.5) is 0 Å². The molecule has 2 atom stereocenters. The molecule has 204 valence electrons. The molecule has 1 aliphatic heterocycles. The molecule has 1 N–H and O–H groups in total. The van der Waals surface area contributed by atoms with Crippen molar-refractivity contribution < 1.29 is 9.47 Å². The highest BCUT2D eigenvalue weighted by molar-refractivity contribution is 6.30. The summed E-state index contributed by atoms with van der Waals surface area (Å²) in [5.41, 5.74) is 2.27. The number of nitrogens with one attached hydrogen (secondary N) is 1. The molecule has 1 saturated carbocycles. The van der Waals surface area contributed by atoms with Gasteiger partial charge >= 0.3 is 0 Å². The molecule has 2 aromatic heterocycles. The fraction of sp³-hybridized carbons (Fsp3) is 0.448. The van der Waals surface area contributed by atoms with Crippen LogP contribution in [0, 0.1) is 0 Å². The van der Waals surface area contributed by atoms with E-state index in [0.717, 1.165) is 67.3 Å². The Kier molecular flexibility index (Phi) is 7.63. The molecule has 10 heteroatoms. The standard InChI is InChI=1S/C29H33ClN6O3/c1-38-23-12-13-26-20(15-23)16-25(29(37)31-26)27(28-32-33-34-36(28)22-5-2-3-6-22)35(18-24-7-4-14-39-24)17-19-8-10-21(30)11-9-19/h8-13,15-16,22,24,27H,2-7,14,17-18H2,1H3,(H,31,37)/t24-,27+/m1/s1. The maximum absolute atomic E-state index is 13.8. The van der Waals surface area contributed by atoms with E-state index in [4.69, 9.17) is 21.1 Å². The average molecular weight is 549 g/mol. The number of benzene rings is 2. The second kappa shape index (κ2) is 11.5. The first kappa shape index (κ1) is 26.0. The quantitative estimate of drug-likeness (QED) is 0.312. The van der Waals surface area contributed by atoms with Crippen molar-refractivity contribution in [3.8, 4) is 5.75 Å². The Morgan fingerprint density at radius 3 is 2.69 bits per heavy atom. The van der Waals surface area contributed by atoms with Gasteiger partial charge in [-0.1, -0.05) is 36.6 Å². The molecule has 1 aliphatic carbocycles. The molecule has 39 heavy (non-hydrogen) atoms. The lowest BCUT2D eigenvalue weighted by Gasteiger charge is -2.33. The van der Waals surface area contributed by atoms with Gasteiger partial charge in [0.2, 0.25) is 0 Å². The highest BCUT2D eigenvalue weighted by Gasteiger charge is 2.35. The smallest absolute Gasteiger partial charge is 0.253 e. The van der Waals surface area contributed by atoms with Gasteiger partial charge < -0.3 is 14.5 Å². The van der Waals surface area contributed by atoms with E-state index in [0.29, 0.717) is 29.5 Å². The first-order valence-corrected chi connectivity index (χ1v) is 14.1. The van der Waals surface area contributed by atoms with Gasteiger partial charge in [0.25, 0.3) is 5.56 Å². The van der Waals surface area contributed by atoms with Crippen LogP contribution in [0.2, 0.25) is 5.02 Å². The van der Waals surface area contributed by atoms with Crippen molar-refractivity contribution >= 4 is 22.5 Å². The Morgan fingerprint density at radius 2 is 1.95 bits per heavy atom. The number of methoxy groups -OCH3 is 1. The van der Waals surface area contributed by atoms with E-state index in [1.54, 1.807) is 7.11 Å². The van der Waals surface area contributed by atoms with Gasteiger partial charge in [-0.2, -0.15) is 0 Å². The molecule has 1 saturated heterocycles. The average Bonchev–Trinajstić information content (AvgIpc) is 3.73. The van der Waals surface area contributed by atoms with Gasteiger partial charge in [0.1, 0.15) is 11.8 Å². The lowest BCUT2D eigenvalue weighted by molar-refractivity contribution is 0.0569.